The van der Waals surface area contributed by atoms with Crippen molar-refractivity contribution in [2.24, 2.45) is 0 Å². The molecular weight excluding hydrogens is 225 g/mol. The number of ether oxygens (including phenoxy) is 1. The number of rotatable bonds is 3. The van der Waals surface area contributed by atoms with E-state index < -0.39 is 0 Å². The molecule has 0 saturated carbocycles. The van der Waals surface area contributed by atoms with Crippen molar-refractivity contribution >= 4 is 17.4 Å². The summed E-state index contributed by atoms with van der Waals surface area (Å²) in [6.07, 6.45) is 2.26. The smallest absolute Gasteiger partial charge is 0.142 e. The van der Waals surface area contributed by atoms with Gasteiger partial charge in [-0.25, -0.2) is 4.39 Å². The monoisotopic (exact) mass is 241 g/mol. The minimum Gasteiger partial charge on any atom is -0.495 e. The highest BCUT2D eigenvalue weighted by Gasteiger charge is 2.15. The third kappa shape index (κ3) is 2.82. The van der Waals surface area contributed by atoms with E-state index in [1.165, 1.54) is 23.6 Å². The molecule has 1 heterocycles. The summed E-state index contributed by atoms with van der Waals surface area (Å²) >= 11 is 1.98. The molecule has 1 aliphatic rings. The Labute approximate surface area is 99.6 Å². The summed E-state index contributed by atoms with van der Waals surface area (Å²) in [6, 6.07) is 5.02. The van der Waals surface area contributed by atoms with Crippen LogP contribution in [0.15, 0.2) is 18.2 Å². The SMILES string of the molecule is COc1ccc(F)cc1NC1CCSCC1. The standard InChI is InChI=1S/C12H16FNOS/c1-15-12-3-2-9(13)8-11(12)14-10-4-6-16-7-5-10/h2-3,8,10,14H,4-7H2,1H3. The summed E-state index contributed by atoms with van der Waals surface area (Å²) in [6.45, 7) is 0. The minimum atomic E-state index is -0.228. The minimum absolute atomic E-state index is 0.228. The zero-order chi connectivity index (χ0) is 11.4. The van der Waals surface area contributed by atoms with E-state index >= 15 is 0 Å². The average Bonchev–Trinajstić information content (AvgIpc) is 2.31. The molecule has 1 fully saturated rings. The summed E-state index contributed by atoms with van der Waals surface area (Å²) in [7, 11) is 1.61. The van der Waals surface area contributed by atoms with Crippen molar-refractivity contribution in [1.82, 2.24) is 0 Å². The number of nitrogens with one attached hydrogen (secondary N) is 1. The molecule has 0 atom stereocenters. The molecule has 0 spiro atoms. The second-order valence-electron chi connectivity index (χ2n) is 3.88. The maximum atomic E-state index is 13.1. The Kier molecular flexibility index (Phi) is 3.93. The van der Waals surface area contributed by atoms with Crippen LogP contribution < -0.4 is 10.1 Å². The van der Waals surface area contributed by atoms with Gasteiger partial charge in [-0.05, 0) is 36.5 Å². The zero-order valence-electron chi connectivity index (χ0n) is 9.33. The Hall–Kier alpha value is -0.900. The molecule has 0 unspecified atom stereocenters. The fourth-order valence-corrected chi connectivity index (χ4v) is 2.96. The van der Waals surface area contributed by atoms with Crippen LogP contribution in [0.5, 0.6) is 5.75 Å². The molecule has 1 saturated heterocycles. The Morgan fingerprint density at radius 1 is 1.38 bits per heavy atom. The van der Waals surface area contributed by atoms with Gasteiger partial charge in [-0.3, -0.25) is 0 Å². The summed E-state index contributed by atoms with van der Waals surface area (Å²) in [5, 5.41) is 3.36. The fourth-order valence-electron chi connectivity index (χ4n) is 1.85. The van der Waals surface area contributed by atoms with E-state index in [4.69, 9.17) is 4.74 Å². The molecule has 16 heavy (non-hydrogen) atoms. The number of methoxy groups -OCH3 is 1. The predicted molar refractivity (Wildman–Crippen MR) is 66.9 cm³/mol. The van der Waals surface area contributed by atoms with E-state index in [0.717, 1.165) is 18.5 Å². The van der Waals surface area contributed by atoms with Gasteiger partial charge in [-0.15, -0.1) is 0 Å². The first-order chi connectivity index (χ1) is 7.79. The molecule has 0 aliphatic carbocycles. The molecule has 0 radical (unpaired) electrons. The number of hydrogen-bond donors (Lipinski definition) is 1. The molecule has 88 valence electrons. The maximum absolute atomic E-state index is 13.1. The summed E-state index contributed by atoms with van der Waals surface area (Å²) < 4.78 is 18.3. The largest absolute Gasteiger partial charge is 0.495 e. The molecule has 0 amide bonds. The molecule has 2 rings (SSSR count). The van der Waals surface area contributed by atoms with E-state index in [1.807, 2.05) is 11.8 Å². The van der Waals surface area contributed by atoms with Gasteiger partial charge in [0.15, 0.2) is 0 Å². The first-order valence-electron chi connectivity index (χ1n) is 5.47. The van der Waals surface area contributed by atoms with Crippen LogP contribution in [0.1, 0.15) is 12.8 Å². The maximum Gasteiger partial charge on any atom is 0.142 e. The Morgan fingerprint density at radius 2 is 2.12 bits per heavy atom. The van der Waals surface area contributed by atoms with Crippen LogP contribution in [0.4, 0.5) is 10.1 Å². The molecule has 1 N–H and O–H groups in total. The molecule has 0 aromatic heterocycles. The van der Waals surface area contributed by atoms with Gasteiger partial charge in [-0.2, -0.15) is 11.8 Å². The van der Waals surface area contributed by atoms with Gasteiger partial charge in [0.1, 0.15) is 11.6 Å². The van der Waals surface area contributed by atoms with E-state index in [9.17, 15) is 4.39 Å². The van der Waals surface area contributed by atoms with Gasteiger partial charge < -0.3 is 10.1 Å². The van der Waals surface area contributed by atoms with Crippen molar-refractivity contribution in [2.75, 3.05) is 23.9 Å². The number of anilines is 1. The molecule has 1 aromatic rings. The van der Waals surface area contributed by atoms with Crippen LogP contribution in [0.2, 0.25) is 0 Å². The number of halogens is 1. The van der Waals surface area contributed by atoms with Crippen molar-refractivity contribution < 1.29 is 9.13 Å². The summed E-state index contributed by atoms with van der Waals surface area (Å²) in [5.74, 6) is 2.83. The number of benzene rings is 1. The van der Waals surface area contributed by atoms with E-state index in [-0.39, 0.29) is 5.82 Å². The average molecular weight is 241 g/mol. The van der Waals surface area contributed by atoms with Crippen molar-refractivity contribution in [3.8, 4) is 5.75 Å². The lowest BCUT2D eigenvalue weighted by Gasteiger charge is -2.24. The molecule has 0 bridgehead atoms. The van der Waals surface area contributed by atoms with Crippen molar-refractivity contribution in [3.05, 3.63) is 24.0 Å². The second-order valence-corrected chi connectivity index (χ2v) is 5.10. The van der Waals surface area contributed by atoms with Crippen molar-refractivity contribution in [1.29, 1.82) is 0 Å². The molecule has 2 nitrogen and oxygen atoms in total. The van der Waals surface area contributed by atoms with Gasteiger partial charge in [0, 0.05) is 12.1 Å². The zero-order valence-corrected chi connectivity index (χ0v) is 10.1. The van der Waals surface area contributed by atoms with E-state index in [2.05, 4.69) is 5.32 Å². The predicted octanol–water partition coefficient (Wildman–Crippen LogP) is 3.14. The number of hydrogen-bond acceptors (Lipinski definition) is 3. The second kappa shape index (κ2) is 5.43. The highest BCUT2D eigenvalue weighted by atomic mass is 32.2. The highest BCUT2D eigenvalue weighted by Crippen LogP contribution is 2.28. The van der Waals surface area contributed by atoms with Crippen LogP contribution in [-0.2, 0) is 0 Å². The molecule has 1 aliphatic heterocycles. The molecular formula is C12H16FNOS. The van der Waals surface area contributed by atoms with Gasteiger partial charge in [0.25, 0.3) is 0 Å². The molecule has 1 aromatic carbocycles. The van der Waals surface area contributed by atoms with Crippen molar-refractivity contribution in [2.45, 2.75) is 18.9 Å². The van der Waals surface area contributed by atoms with E-state index in [0.29, 0.717) is 11.8 Å². The first kappa shape index (κ1) is 11.6. The van der Waals surface area contributed by atoms with Crippen LogP contribution in [0.25, 0.3) is 0 Å². The van der Waals surface area contributed by atoms with Gasteiger partial charge in [0.2, 0.25) is 0 Å². The lowest BCUT2D eigenvalue weighted by molar-refractivity contribution is 0.414. The van der Waals surface area contributed by atoms with Crippen LogP contribution >= 0.6 is 11.8 Å². The summed E-state index contributed by atoms with van der Waals surface area (Å²) in [4.78, 5) is 0. The van der Waals surface area contributed by atoms with Crippen LogP contribution in [0, 0.1) is 5.82 Å². The molecule has 4 heteroatoms. The lowest BCUT2D eigenvalue weighted by atomic mass is 10.1. The third-order valence-electron chi connectivity index (χ3n) is 2.74. The van der Waals surface area contributed by atoms with Crippen molar-refractivity contribution in [3.63, 3.8) is 0 Å². The Bertz CT molecular complexity index is 353. The van der Waals surface area contributed by atoms with Gasteiger partial charge >= 0.3 is 0 Å². The van der Waals surface area contributed by atoms with Gasteiger partial charge in [-0.1, -0.05) is 0 Å². The highest BCUT2D eigenvalue weighted by molar-refractivity contribution is 7.99. The van der Waals surface area contributed by atoms with Gasteiger partial charge in [0.05, 0.1) is 12.8 Å². The van der Waals surface area contributed by atoms with E-state index in [1.54, 1.807) is 13.2 Å². The fraction of sp³-hybridized carbons (Fsp3) is 0.500. The number of thioether (sulfide) groups is 1. The normalized spacial score (nSPS) is 17.1. The Morgan fingerprint density at radius 3 is 2.81 bits per heavy atom. The first-order valence-corrected chi connectivity index (χ1v) is 6.63. The quantitative estimate of drug-likeness (QED) is 0.878. The Balaban J connectivity index is 2.09. The topological polar surface area (TPSA) is 21.3 Å². The van der Waals surface area contributed by atoms with Crippen LogP contribution in [0.3, 0.4) is 0 Å². The third-order valence-corrected chi connectivity index (χ3v) is 3.79. The van der Waals surface area contributed by atoms with Crippen LogP contribution in [-0.4, -0.2) is 24.7 Å². The summed E-state index contributed by atoms with van der Waals surface area (Å²) in [5.41, 5.74) is 0.763. The lowest BCUT2D eigenvalue weighted by Crippen LogP contribution is -2.24.